The molecule has 1 rings (SSSR count). The van der Waals surface area contributed by atoms with Crippen molar-refractivity contribution in [2.24, 2.45) is 5.73 Å². The minimum absolute atomic E-state index is 0.0134. The molecule has 0 saturated heterocycles. The summed E-state index contributed by atoms with van der Waals surface area (Å²) in [5.41, 5.74) is 5.00. The fourth-order valence-electron chi connectivity index (χ4n) is 0.797. The molecule has 1 atom stereocenters. The number of nitrogens with two attached hydrogens (primary N) is 1. The molecule has 6 heteroatoms. The maximum atomic E-state index is 13.2. The summed E-state index contributed by atoms with van der Waals surface area (Å²) in [7, 11) is 0. The molecule has 4 nitrogen and oxygen atoms in total. The Hall–Kier alpha value is -1.17. The van der Waals surface area contributed by atoms with Crippen molar-refractivity contribution < 1.29 is 9.18 Å². The molecule has 1 heterocycles. The van der Waals surface area contributed by atoms with Gasteiger partial charge in [-0.3, -0.25) is 4.79 Å². The Bertz CT molecular complexity index is 358. The largest absolute Gasteiger partial charge is 0.368 e. The lowest BCUT2D eigenvalue weighted by Crippen LogP contribution is -2.33. The Balaban J connectivity index is 2.82. The van der Waals surface area contributed by atoms with Gasteiger partial charge < -0.3 is 11.1 Å². The zero-order valence-electron chi connectivity index (χ0n) is 7.42. The average molecular weight is 262 g/mol. The minimum atomic E-state index is -0.654. The van der Waals surface area contributed by atoms with Crippen molar-refractivity contribution in [2.75, 3.05) is 5.32 Å². The van der Waals surface area contributed by atoms with E-state index in [0.717, 1.165) is 0 Å². The van der Waals surface area contributed by atoms with Gasteiger partial charge in [-0.25, -0.2) is 9.37 Å². The van der Waals surface area contributed by atoms with Gasteiger partial charge in [-0.05, 0) is 28.9 Å². The molecule has 0 fully saturated rings. The summed E-state index contributed by atoms with van der Waals surface area (Å²) >= 11 is 3.07. The summed E-state index contributed by atoms with van der Waals surface area (Å²) in [6.07, 6.45) is 1.43. The molecule has 0 aliphatic carbocycles. The number of primary amides is 1. The molecule has 3 N–H and O–H groups in total. The fraction of sp³-hybridized carbons (Fsp3) is 0.250. The molecule has 1 amide bonds. The van der Waals surface area contributed by atoms with Crippen LogP contribution in [-0.2, 0) is 4.79 Å². The highest BCUT2D eigenvalue weighted by Crippen LogP contribution is 2.16. The second-order valence-corrected chi connectivity index (χ2v) is 3.67. The Morgan fingerprint density at radius 2 is 2.43 bits per heavy atom. The molecule has 0 spiro atoms. The first-order chi connectivity index (χ1) is 6.50. The second kappa shape index (κ2) is 4.36. The van der Waals surface area contributed by atoms with E-state index in [2.05, 4.69) is 26.2 Å². The van der Waals surface area contributed by atoms with Crippen molar-refractivity contribution in [1.29, 1.82) is 0 Å². The molecule has 1 aromatic heterocycles. The Kier molecular flexibility index (Phi) is 3.40. The predicted octanol–water partition coefficient (Wildman–Crippen LogP) is 1.27. The number of carbonyl (C=O) groups is 1. The van der Waals surface area contributed by atoms with Crippen molar-refractivity contribution in [1.82, 2.24) is 4.98 Å². The third kappa shape index (κ3) is 2.66. The van der Waals surface area contributed by atoms with E-state index in [1.165, 1.54) is 19.2 Å². The maximum Gasteiger partial charge on any atom is 0.239 e. The number of hydrogen-bond acceptors (Lipinski definition) is 3. The molecular weight excluding hydrogens is 253 g/mol. The first-order valence-corrected chi connectivity index (χ1v) is 4.67. The molecule has 0 aromatic carbocycles. The van der Waals surface area contributed by atoms with E-state index in [9.17, 15) is 9.18 Å². The third-order valence-electron chi connectivity index (χ3n) is 1.59. The van der Waals surface area contributed by atoms with E-state index < -0.39 is 17.8 Å². The topological polar surface area (TPSA) is 68.0 Å². The van der Waals surface area contributed by atoms with Gasteiger partial charge >= 0.3 is 0 Å². The van der Waals surface area contributed by atoms with Crippen LogP contribution in [0.3, 0.4) is 0 Å². The quantitative estimate of drug-likeness (QED) is 0.861. The minimum Gasteiger partial charge on any atom is -0.368 e. The summed E-state index contributed by atoms with van der Waals surface area (Å²) in [5.74, 6) is -1.08. The highest BCUT2D eigenvalue weighted by molar-refractivity contribution is 9.10. The molecule has 1 unspecified atom stereocenters. The molecule has 0 aliphatic heterocycles. The van der Waals surface area contributed by atoms with E-state index in [0.29, 0.717) is 4.47 Å². The van der Waals surface area contributed by atoms with Gasteiger partial charge in [-0.1, -0.05) is 0 Å². The first kappa shape index (κ1) is 10.9. The van der Waals surface area contributed by atoms with Crippen LogP contribution < -0.4 is 11.1 Å². The number of nitrogens with zero attached hydrogens (tertiary/aromatic N) is 1. The number of pyridine rings is 1. The number of amides is 1. The lowest BCUT2D eigenvalue weighted by molar-refractivity contribution is -0.118. The number of nitrogens with one attached hydrogen (secondary N) is 1. The van der Waals surface area contributed by atoms with Crippen LogP contribution in [0.1, 0.15) is 6.92 Å². The molecule has 76 valence electrons. The SMILES string of the molecule is CC(Nc1ncc(Br)cc1F)C(N)=O. The molecule has 1 aromatic rings. The second-order valence-electron chi connectivity index (χ2n) is 2.75. The third-order valence-corrected chi connectivity index (χ3v) is 2.02. The molecule has 0 radical (unpaired) electrons. The highest BCUT2D eigenvalue weighted by atomic mass is 79.9. The van der Waals surface area contributed by atoms with E-state index in [4.69, 9.17) is 5.73 Å². The first-order valence-electron chi connectivity index (χ1n) is 3.87. The van der Waals surface area contributed by atoms with Crippen LogP contribution in [-0.4, -0.2) is 16.9 Å². The standard InChI is InChI=1S/C8H9BrFN3O/c1-4(7(11)14)13-8-6(10)2-5(9)3-12-8/h2-4H,1H3,(H2,11,14)(H,12,13). The Morgan fingerprint density at radius 1 is 1.79 bits per heavy atom. The summed E-state index contributed by atoms with van der Waals surface area (Å²) < 4.78 is 13.7. The van der Waals surface area contributed by atoms with Gasteiger partial charge in [-0.2, -0.15) is 0 Å². The van der Waals surface area contributed by atoms with Crippen molar-refractivity contribution >= 4 is 27.7 Å². The van der Waals surface area contributed by atoms with Gasteiger partial charge in [0.25, 0.3) is 0 Å². The van der Waals surface area contributed by atoms with Crippen LogP contribution in [0, 0.1) is 5.82 Å². The van der Waals surface area contributed by atoms with Crippen molar-refractivity contribution in [2.45, 2.75) is 13.0 Å². The maximum absolute atomic E-state index is 13.2. The Morgan fingerprint density at radius 3 is 2.93 bits per heavy atom. The van der Waals surface area contributed by atoms with Crippen LogP contribution in [0.15, 0.2) is 16.7 Å². The van der Waals surface area contributed by atoms with Gasteiger partial charge in [0.05, 0.1) is 0 Å². The van der Waals surface area contributed by atoms with E-state index in [1.54, 1.807) is 0 Å². The van der Waals surface area contributed by atoms with E-state index in [-0.39, 0.29) is 5.82 Å². The highest BCUT2D eigenvalue weighted by Gasteiger charge is 2.11. The summed E-state index contributed by atoms with van der Waals surface area (Å²) in [4.78, 5) is 14.4. The number of rotatable bonds is 3. The van der Waals surface area contributed by atoms with Gasteiger partial charge in [-0.15, -0.1) is 0 Å². The average Bonchev–Trinajstić information content (AvgIpc) is 2.09. The number of carbonyl (C=O) groups excluding carboxylic acids is 1. The summed E-state index contributed by atoms with van der Waals surface area (Å²) in [5, 5.41) is 2.56. The monoisotopic (exact) mass is 261 g/mol. The van der Waals surface area contributed by atoms with Gasteiger partial charge in [0.15, 0.2) is 11.6 Å². The van der Waals surface area contributed by atoms with Gasteiger partial charge in [0.1, 0.15) is 6.04 Å². The van der Waals surface area contributed by atoms with Gasteiger partial charge in [0.2, 0.25) is 5.91 Å². The number of aromatic nitrogens is 1. The molecule has 0 aliphatic rings. The van der Waals surface area contributed by atoms with E-state index in [1.807, 2.05) is 0 Å². The zero-order chi connectivity index (χ0) is 10.7. The summed E-state index contributed by atoms with van der Waals surface area (Å²) in [6, 6.07) is 0.599. The Labute approximate surface area is 88.8 Å². The van der Waals surface area contributed by atoms with Crippen LogP contribution >= 0.6 is 15.9 Å². The zero-order valence-corrected chi connectivity index (χ0v) is 9.01. The van der Waals surface area contributed by atoms with Crippen LogP contribution in [0.4, 0.5) is 10.2 Å². The van der Waals surface area contributed by atoms with Crippen molar-refractivity contribution in [3.05, 3.63) is 22.6 Å². The fourth-order valence-corrected chi connectivity index (χ4v) is 1.10. The number of hydrogen-bond donors (Lipinski definition) is 2. The molecular formula is C8H9BrFN3O. The van der Waals surface area contributed by atoms with Crippen LogP contribution in [0.2, 0.25) is 0 Å². The summed E-state index contributed by atoms with van der Waals surface area (Å²) in [6.45, 7) is 1.53. The predicted molar refractivity (Wildman–Crippen MR) is 54.2 cm³/mol. The number of halogens is 2. The normalized spacial score (nSPS) is 12.2. The van der Waals surface area contributed by atoms with Crippen molar-refractivity contribution in [3.8, 4) is 0 Å². The van der Waals surface area contributed by atoms with Crippen LogP contribution in [0.25, 0.3) is 0 Å². The van der Waals surface area contributed by atoms with Gasteiger partial charge in [0, 0.05) is 10.7 Å². The van der Waals surface area contributed by atoms with E-state index >= 15 is 0 Å². The molecule has 0 saturated carbocycles. The molecule has 14 heavy (non-hydrogen) atoms. The smallest absolute Gasteiger partial charge is 0.239 e. The van der Waals surface area contributed by atoms with Crippen LogP contribution in [0.5, 0.6) is 0 Å². The molecule has 0 bridgehead atoms. The lowest BCUT2D eigenvalue weighted by Gasteiger charge is -2.10. The lowest BCUT2D eigenvalue weighted by atomic mass is 10.3. The van der Waals surface area contributed by atoms with Crippen molar-refractivity contribution in [3.63, 3.8) is 0 Å². The number of anilines is 1.